The lowest BCUT2D eigenvalue weighted by atomic mass is 9.74. The molecule has 6 atom stereocenters. The molecule has 2 heteroatoms. The summed E-state index contributed by atoms with van der Waals surface area (Å²) < 4.78 is 5.92. The van der Waals surface area contributed by atoms with Crippen LogP contribution in [0.25, 0.3) is 32.3 Å². The van der Waals surface area contributed by atoms with Crippen LogP contribution in [0.3, 0.4) is 0 Å². The van der Waals surface area contributed by atoms with Gasteiger partial charge in [-0.05, 0) is 118 Å². The predicted octanol–water partition coefficient (Wildman–Crippen LogP) is 8.07. The van der Waals surface area contributed by atoms with Gasteiger partial charge in [0.1, 0.15) is 6.10 Å². The highest BCUT2D eigenvalue weighted by Crippen LogP contribution is 2.56. The fourth-order valence-corrected chi connectivity index (χ4v) is 6.82. The summed E-state index contributed by atoms with van der Waals surface area (Å²) in [6.45, 7) is 6.76. The van der Waals surface area contributed by atoms with Gasteiger partial charge in [-0.1, -0.05) is 50.2 Å². The summed E-state index contributed by atoms with van der Waals surface area (Å²) in [5, 5.41) is 7.41. The van der Waals surface area contributed by atoms with Crippen molar-refractivity contribution in [3.8, 4) is 0 Å². The van der Waals surface area contributed by atoms with Crippen molar-refractivity contribution in [3.05, 3.63) is 72.3 Å². The third kappa shape index (κ3) is 3.60. The van der Waals surface area contributed by atoms with E-state index in [2.05, 4.69) is 80.6 Å². The number of carbonyl (C=O) groups is 1. The Hall–Kier alpha value is -2.87. The van der Waals surface area contributed by atoms with Crippen LogP contribution >= 0.6 is 0 Å². The molecule has 2 saturated carbocycles. The molecular weight excluding hydrogens is 404 g/mol. The SMILES string of the molecule is CC(OC(=O)CC1CC2CC1C(C)C2C)c1ccc2cc3cc4ccccc4cc3cc2c1. The Morgan fingerprint density at radius 3 is 2.06 bits per heavy atom. The Balaban J connectivity index is 1.21. The van der Waals surface area contributed by atoms with Crippen LogP contribution in [0.15, 0.2) is 66.7 Å². The van der Waals surface area contributed by atoms with E-state index in [1.54, 1.807) is 0 Å². The molecule has 4 aromatic rings. The third-order valence-electron chi connectivity index (χ3n) is 8.92. The van der Waals surface area contributed by atoms with Crippen LogP contribution < -0.4 is 0 Å². The minimum absolute atomic E-state index is 0.0371. The van der Waals surface area contributed by atoms with Gasteiger partial charge < -0.3 is 4.74 Å². The van der Waals surface area contributed by atoms with Crippen LogP contribution in [-0.2, 0) is 9.53 Å². The average molecular weight is 437 g/mol. The third-order valence-corrected chi connectivity index (χ3v) is 8.92. The van der Waals surface area contributed by atoms with Gasteiger partial charge in [0.2, 0.25) is 0 Å². The minimum Gasteiger partial charge on any atom is -0.458 e. The van der Waals surface area contributed by atoms with E-state index in [-0.39, 0.29) is 12.1 Å². The molecule has 0 amide bonds. The summed E-state index contributed by atoms with van der Waals surface area (Å²) in [4.78, 5) is 12.8. The van der Waals surface area contributed by atoms with E-state index in [1.807, 2.05) is 6.92 Å². The second-order valence-electron chi connectivity index (χ2n) is 10.7. The lowest BCUT2D eigenvalue weighted by Gasteiger charge is -2.31. The lowest BCUT2D eigenvalue weighted by molar-refractivity contribution is -0.150. The molecule has 6 unspecified atom stereocenters. The Morgan fingerprint density at radius 1 is 0.818 bits per heavy atom. The van der Waals surface area contributed by atoms with Crippen LogP contribution in [0.1, 0.15) is 51.7 Å². The smallest absolute Gasteiger partial charge is 0.306 e. The topological polar surface area (TPSA) is 26.3 Å². The molecule has 2 aliphatic carbocycles. The number of hydrogen-bond acceptors (Lipinski definition) is 2. The van der Waals surface area contributed by atoms with Crippen molar-refractivity contribution in [2.75, 3.05) is 0 Å². The second-order valence-corrected chi connectivity index (χ2v) is 10.7. The van der Waals surface area contributed by atoms with Gasteiger partial charge in [0.25, 0.3) is 0 Å². The van der Waals surface area contributed by atoms with E-state index in [4.69, 9.17) is 4.74 Å². The van der Waals surface area contributed by atoms with E-state index in [0.717, 1.165) is 23.3 Å². The van der Waals surface area contributed by atoms with E-state index >= 15 is 0 Å². The molecule has 2 fully saturated rings. The van der Waals surface area contributed by atoms with Crippen LogP contribution in [0, 0.1) is 29.6 Å². The van der Waals surface area contributed by atoms with Crippen LogP contribution in [0.4, 0.5) is 0 Å². The fourth-order valence-electron chi connectivity index (χ4n) is 6.82. The summed E-state index contributed by atoms with van der Waals surface area (Å²) in [7, 11) is 0. The first kappa shape index (κ1) is 20.7. The maximum atomic E-state index is 12.8. The van der Waals surface area contributed by atoms with Gasteiger partial charge in [0.05, 0.1) is 0 Å². The average Bonchev–Trinajstić information content (AvgIpc) is 3.34. The van der Waals surface area contributed by atoms with Crippen LogP contribution in [-0.4, -0.2) is 5.97 Å². The van der Waals surface area contributed by atoms with Crippen LogP contribution in [0.2, 0.25) is 0 Å². The highest BCUT2D eigenvalue weighted by molar-refractivity contribution is 6.04. The molecule has 33 heavy (non-hydrogen) atoms. The molecule has 0 aromatic heterocycles. The zero-order chi connectivity index (χ0) is 22.7. The quantitative estimate of drug-likeness (QED) is 0.239. The van der Waals surface area contributed by atoms with Crippen molar-refractivity contribution >= 4 is 38.3 Å². The van der Waals surface area contributed by atoms with Gasteiger partial charge in [0, 0.05) is 6.42 Å². The molecular formula is C31H32O2. The summed E-state index contributed by atoms with van der Waals surface area (Å²) in [6, 6.07) is 24.0. The summed E-state index contributed by atoms with van der Waals surface area (Å²) in [5.41, 5.74) is 1.06. The van der Waals surface area contributed by atoms with Gasteiger partial charge >= 0.3 is 5.97 Å². The minimum atomic E-state index is -0.232. The highest BCUT2D eigenvalue weighted by Gasteiger charge is 2.49. The zero-order valence-electron chi connectivity index (χ0n) is 19.8. The molecule has 2 bridgehead atoms. The van der Waals surface area contributed by atoms with Gasteiger partial charge in [-0.2, -0.15) is 0 Å². The summed E-state index contributed by atoms with van der Waals surface area (Å²) in [5.74, 6) is 3.55. The van der Waals surface area contributed by atoms with Crippen molar-refractivity contribution in [3.63, 3.8) is 0 Å². The molecule has 2 nitrogen and oxygen atoms in total. The number of hydrogen-bond donors (Lipinski definition) is 0. The lowest BCUT2D eigenvalue weighted by Crippen LogP contribution is -2.26. The number of rotatable bonds is 4. The summed E-state index contributed by atoms with van der Waals surface area (Å²) >= 11 is 0. The number of carbonyl (C=O) groups excluding carboxylic acids is 1. The Labute approximate surface area is 195 Å². The number of fused-ring (bicyclic) bond motifs is 5. The molecule has 4 aromatic carbocycles. The standard InChI is InChI=1S/C31H32O2/c1-18-19(2)30-16-25(18)14-29(30)17-31(32)33-20(3)21-8-9-24-13-27-11-22-6-4-5-7-23(22)12-28(27)15-26(24)10-21/h4-13,15,18-20,25,29-30H,14,16-17H2,1-3H3. The molecule has 6 rings (SSSR count). The Kier molecular flexibility index (Phi) is 4.94. The van der Waals surface area contributed by atoms with Crippen molar-refractivity contribution in [2.45, 2.75) is 46.1 Å². The maximum absolute atomic E-state index is 12.8. The van der Waals surface area contributed by atoms with Crippen LogP contribution in [0.5, 0.6) is 0 Å². The first-order valence-corrected chi connectivity index (χ1v) is 12.5. The Morgan fingerprint density at radius 2 is 1.42 bits per heavy atom. The van der Waals surface area contributed by atoms with E-state index in [1.165, 1.54) is 45.2 Å². The fraction of sp³-hybridized carbons (Fsp3) is 0.387. The van der Waals surface area contributed by atoms with E-state index < -0.39 is 0 Å². The number of esters is 1. The normalized spacial score (nSPS) is 27.4. The van der Waals surface area contributed by atoms with Crippen molar-refractivity contribution in [2.24, 2.45) is 29.6 Å². The Bertz CT molecular complexity index is 1370. The molecule has 168 valence electrons. The van der Waals surface area contributed by atoms with Gasteiger partial charge in [-0.25, -0.2) is 0 Å². The second kappa shape index (κ2) is 7.87. The molecule has 0 spiro atoms. The van der Waals surface area contributed by atoms with Gasteiger partial charge in [0.15, 0.2) is 0 Å². The zero-order valence-corrected chi connectivity index (χ0v) is 19.8. The largest absolute Gasteiger partial charge is 0.458 e. The van der Waals surface area contributed by atoms with Crippen molar-refractivity contribution in [1.29, 1.82) is 0 Å². The molecule has 0 heterocycles. The van der Waals surface area contributed by atoms with Gasteiger partial charge in [-0.15, -0.1) is 0 Å². The molecule has 0 saturated heterocycles. The summed E-state index contributed by atoms with van der Waals surface area (Å²) in [6.07, 6.45) is 2.86. The van der Waals surface area contributed by atoms with Crippen molar-refractivity contribution in [1.82, 2.24) is 0 Å². The first-order chi connectivity index (χ1) is 16.0. The monoisotopic (exact) mass is 436 g/mol. The molecule has 2 aliphatic rings. The highest BCUT2D eigenvalue weighted by atomic mass is 16.5. The molecule has 0 radical (unpaired) electrons. The van der Waals surface area contributed by atoms with Crippen molar-refractivity contribution < 1.29 is 9.53 Å². The number of benzene rings is 4. The molecule has 0 N–H and O–H groups in total. The predicted molar refractivity (Wildman–Crippen MR) is 136 cm³/mol. The van der Waals surface area contributed by atoms with E-state index in [9.17, 15) is 4.79 Å². The number of ether oxygens (including phenoxy) is 1. The van der Waals surface area contributed by atoms with E-state index in [0.29, 0.717) is 18.3 Å². The van der Waals surface area contributed by atoms with Gasteiger partial charge in [-0.3, -0.25) is 4.79 Å². The maximum Gasteiger partial charge on any atom is 0.306 e. The molecule has 0 aliphatic heterocycles. The first-order valence-electron chi connectivity index (χ1n) is 12.5.